The fourth-order valence-corrected chi connectivity index (χ4v) is 2.23. The molecule has 104 valence electrons. The minimum Gasteiger partial charge on any atom is -0.394 e. The number of nitrogens with zero attached hydrogens (tertiary/aromatic N) is 1. The lowest BCUT2D eigenvalue weighted by molar-refractivity contribution is -0.125. The summed E-state index contributed by atoms with van der Waals surface area (Å²) in [6.45, 7) is 1.13. The molecule has 0 bridgehead atoms. The summed E-state index contributed by atoms with van der Waals surface area (Å²) in [5, 5.41) is 12.4. The van der Waals surface area contributed by atoms with Crippen LogP contribution in [0.3, 0.4) is 0 Å². The van der Waals surface area contributed by atoms with Crippen molar-refractivity contribution < 1.29 is 14.6 Å². The Morgan fingerprint density at radius 3 is 2.84 bits per heavy atom. The van der Waals surface area contributed by atoms with Crippen LogP contribution in [0.4, 0.5) is 0 Å². The van der Waals surface area contributed by atoms with Crippen LogP contribution in [0.15, 0.2) is 24.4 Å². The molecule has 2 rings (SSSR count). The van der Waals surface area contributed by atoms with Crippen LogP contribution in [0.1, 0.15) is 25.0 Å². The minimum atomic E-state index is -0.501. The molecule has 0 aromatic carbocycles. The van der Waals surface area contributed by atoms with Crippen LogP contribution in [-0.2, 0) is 16.0 Å². The largest absolute Gasteiger partial charge is 0.394 e. The molecule has 19 heavy (non-hydrogen) atoms. The topological polar surface area (TPSA) is 71.5 Å². The Morgan fingerprint density at radius 2 is 2.21 bits per heavy atom. The molecule has 1 aliphatic heterocycles. The highest BCUT2D eigenvalue weighted by Gasteiger charge is 2.33. The highest BCUT2D eigenvalue weighted by atomic mass is 16.5. The first-order chi connectivity index (χ1) is 9.24. The number of aliphatic hydroxyl groups excluding tert-OH is 1. The predicted octanol–water partition coefficient (Wildman–Crippen LogP) is 0.672. The summed E-state index contributed by atoms with van der Waals surface area (Å²) >= 11 is 0. The van der Waals surface area contributed by atoms with Gasteiger partial charge in [-0.1, -0.05) is 6.07 Å². The Bertz CT molecular complexity index is 402. The molecular formula is C14H20N2O3. The third kappa shape index (κ3) is 4.01. The van der Waals surface area contributed by atoms with E-state index in [1.807, 2.05) is 18.2 Å². The van der Waals surface area contributed by atoms with Gasteiger partial charge in [0.15, 0.2) is 0 Å². The molecule has 1 aromatic heterocycles. The van der Waals surface area contributed by atoms with Crippen LogP contribution in [-0.4, -0.2) is 41.4 Å². The van der Waals surface area contributed by atoms with Crippen molar-refractivity contribution in [1.82, 2.24) is 10.3 Å². The normalized spacial score (nSPS) is 17.9. The van der Waals surface area contributed by atoms with Gasteiger partial charge in [-0.15, -0.1) is 0 Å². The van der Waals surface area contributed by atoms with Gasteiger partial charge in [0.25, 0.3) is 0 Å². The molecule has 1 saturated heterocycles. The molecule has 5 nitrogen and oxygen atoms in total. The van der Waals surface area contributed by atoms with Gasteiger partial charge >= 0.3 is 0 Å². The molecule has 0 aliphatic carbocycles. The second kappa shape index (κ2) is 6.63. The van der Waals surface area contributed by atoms with Crippen LogP contribution in [0, 0.1) is 0 Å². The number of carbonyl (C=O) groups excluding carboxylic acids is 1. The number of carbonyl (C=O) groups is 1. The number of rotatable bonds is 5. The van der Waals surface area contributed by atoms with E-state index in [0.29, 0.717) is 38.9 Å². The number of aromatic nitrogens is 1. The first-order valence-corrected chi connectivity index (χ1v) is 6.64. The van der Waals surface area contributed by atoms with Crippen molar-refractivity contribution in [2.24, 2.45) is 0 Å². The Balaban J connectivity index is 1.83. The van der Waals surface area contributed by atoms with E-state index in [1.54, 1.807) is 6.20 Å². The number of nitrogens with one attached hydrogen (secondary N) is 1. The number of aliphatic hydroxyl groups is 1. The molecule has 1 aliphatic rings. The van der Waals surface area contributed by atoms with Crippen molar-refractivity contribution in [1.29, 1.82) is 0 Å². The zero-order chi connectivity index (χ0) is 13.6. The van der Waals surface area contributed by atoms with Crippen LogP contribution in [0.5, 0.6) is 0 Å². The molecule has 5 heteroatoms. The Hall–Kier alpha value is -1.46. The van der Waals surface area contributed by atoms with Crippen LogP contribution in [0.2, 0.25) is 0 Å². The second-order valence-corrected chi connectivity index (χ2v) is 4.92. The number of ether oxygens (including phenoxy) is 1. The molecule has 0 saturated carbocycles. The van der Waals surface area contributed by atoms with E-state index < -0.39 is 5.54 Å². The molecule has 1 amide bonds. The average Bonchev–Trinajstić information content (AvgIpc) is 2.47. The molecule has 1 aromatic rings. The van der Waals surface area contributed by atoms with Gasteiger partial charge in [0.1, 0.15) is 0 Å². The van der Waals surface area contributed by atoms with Gasteiger partial charge in [-0.05, 0) is 31.4 Å². The van der Waals surface area contributed by atoms with E-state index in [0.717, 1.165) is 5.69 Å². The Morgan fingerprint density at radius 1 is 1.42 bits per heavy atom. The van der Waals surface area contributed by atoms with Crippen molar-refractivity contribution in [3.63, 3.8) is 0 Å². The maximum atomic E-state index is 12.0. The maximum absolute atomic E-state index is 12.0. The van der Waals surface area contributed by atoms with Crippen molar-refractivity contribution in [3.05, 3.63) is 30.1 Å². The number of amides is 1. The Labute approximate surface area is 113 Å². The van der Waals surface area contributed by atoms with Gasteiger partial charge in [0.2, 0.25) is 5.91 Å². The van der Waals surface area contributed by atoms with E-state index >= 15 is 0 Å². The number of pyridine rings is 1. The van der Waals surface area contributed by atoms with Gasteiger partial charge in [0, 0.05) is 31.5 Å². The van der Waals surface area contributed by atoms with E-state index in [2.05, 4.69) is 10.3 Å². The number of aryl methyl sites for hydroxylation is 1. The summed E-state index contributed by atoms with van der Waals surface area (Å²) < 4.78 is 5.27. The smallest absolute Gasteiger partial charge is 0.220 e. The zero-order valence-electron chi connectivity index (χ0n) is 11.0. The zero-order valence-corrected chi connectivity index (χ0v) is 11.0. The van der Waals surface area contributed by atoms with Gasteiger partial charge in [-0.3, -0.25) is 9.78 Å². The standard InChI is InChI=1S/C14H20N2O3/c17-11-14(6-9-19-10-7-14)16-13(18)5-4-12-3-1-2-8-15-12/h1-3,8,17H,4-7,9-11H2,(H,16,18). The first kappa shape index (κ1) is 14.0. The Kier molecular flexibility index (Phi) is 4.87. The van der Waals surface area contributed by atoms with Crippen molar-refractivity contribution in [2.75, 3.05) is 19.8 Å². The van der Waals surface area contributed by atoms with Crippen LogP contribution >= 0.6 is 0 Å². The molecule has 2 N–H and O–H groups in total. The van der Waals surface area contributed by atoms with Gasteiger partial charge in [0.05, 0.1) is 12.1 Å². The average molecular weight is 264 g/mol. The van der Waals surface area contributed by atoms with Crippen molar-refractivity contribution in [2.45, 2.75) is 31.2 Å². The summed E-state index contributed by atoms with van der Waals surface area (Å²) in [6.07, 6.45) is 4.06. The van der Waals surface area contributed by atoms with Crippen LogP contribution < -0.4 is 5.32 Å². The van der Waals surface area contributed by atoms with Crippen molar-refractivity contribution in [3.8, 4) is 0 Å². The molecule has 2 heterocycles. The highest BCUT2D eigenvalue weighted by molar-refractivity contribution is 5.77. The molecule has 0 unspecified atom stereocenters. The molecule has 1 fully saturated rings. The highest BCUT2D eigenvalue weighted by Crippen LogP contribution is 2.20. The fraction of sp³-hybridized carbons (Fsp3) is 0.571. The van der Waals surface area contributed by atoms with Gasteiger partial charge < -0.3 is 15.2 Å². The third-order valence-electron chi connectivity index (χ3n) is 3.49. The molecule has 0 spiro atoms. The SMILES string of the molecule is O=C(CCc1ccccn1)NC1(CO)CCOCC1. The molecular weight excluding hydrogens is 244 g/mol. The van der Waals surface area contributed by atoms with E-state index in [4.69, 9.17) is 4.74 Å². The second-order valence-electron chi connectivity index (χ2n) is 4.92. The summed E-state index contributed by atoms with van der Waals surface area (Å²) in [4.78, 5) is 16.1. The first-order valence-electron chi connectivity index (χ1n) is 6.64. The predicted molar refractivity (Wildman–Crippen MR) is 70.6 cm³/mol. The number of hydrogen-bond acceptors (Lipinski definition) is 4. The lowest BCUT2D eigenvalue weighted by Crippen LogP contribution is -2.54. The maximum Gasteiger partial charge on any atom is 0.220 e. The van der Waals surface area contributed by atoms with Crippen LogP contribution in [0.25, 0.3) is 0 Å². The number of hydrogen-bond donors (Lipinski definition) is 2. The van der Waals surface area contributed by atoms with Gasteiger partial charge in [-0.2, -0.15) is 0 Å². The summed E-state index contributed by atoms with van der Waals surface area (Å²) in [5.41, 5.74) is 0.405. The lowest BCUT2D eigenvalue weighted by Gasteiger charge is -2.36. The lowest BCUT2D eigenvalue weighted by atomic mass is 9.90. The quantitative estimate of drug-likeness (QED) is 0.820. The van der Waals surface area contributed by atoms with E-state index in [1.165, 1.54) is 0 Å². The molecule has 0 atom stereocenters. The van der Waals surface area contributed by atoms with Gasteiger partial charge in [-0.25, -0.2) is 0 Å². The summed E-state index contributed by atoms with van der Waals surface area (Å²) in [7, 11) is 0. The molecule has 0 radical (unpaired) electrons. The summed E-state index contributed by atoms with van der Waals surface area (Å²) in [6, 6.07) is 5.67. The third-order valence-corrected chi connectivity index (χ3v) is 3.49. The monoisotopic (exact) mass is 264 g/mol. The van der Waals surface area contributed by atoms with Crippen molar-refractivity contribution >= 4 is 5.91 Å². The minimum absolute atomic E-state index is 0.0360. The van der Waals surface area contributed by atoms with E-state index in [9.17, 15) is 9.90 Å². The van der Waals surface area contributed by atoms with E-state index in [-0.39, 0.29) is 12.5 Å². The fourth-order valence-electron chi connectivity index (χ4n) is 2.23. The summed E-state index contributed by atoms with van der Waals surface area (Å²) in [5.74, 6) is -0.0402.